The summed E-state index contributed by atoms with van der Waals surface area (Å²) < 4.78 is 26.4. The summed E-state index contributed by atoms with van der Waals surface area (Å²) in [6.45, 7) is 0.702. The molecule has 0 radical (unpaired) electrons. The Balaban J connectivity index is 2.45. The van der Waals surface area contributed by atoms with Crippen LogP contribution in [-0.2, 0) is 10.0 Å². The van der Waals surface area contributed by atoms with Gasteiger partial charge < -0.3 is 5.73 Å². The van der Waals surface area contributed by atoms with Gasteiger partial charge in [0.1, 0.15) is 11.0 Å². The zero-order valence-electron chi connectivity index (χ0n) is 10.2. The van der Waals surface area contributed by atoms with Crippen molar-refractivity contribution >= 4 is 21.6 Å². The Morgan fingerprint density at radius 3 is 2.84 bits per heavy atom. The fourth-order valence-electron chi connectivity index (χ4n) is 2.13. The lowest BCUT2D eigenvalue weighted by Gasteiger charge is -2.30. The van der Waals surface area contributed by atoms with E-state index in [2.05, 4.69) is 0 Å². The van der Waals surface area contributed by atoms with Gasteiger partial charge in [0.2, 0.25) is 10.0 Å². The molecular formula is C12H14ClN3O2S. The maximum absolute atomic E-state index is 12.5. The van der Waals surface area contributed by atoms with E-state index in [4.69, 9.17) is 22.6 Å². The van der Waals surface area contributed by atoms with Crippen molar-refractivity contribution in [1.82, 2.24) is 4.31 Å². The fraction of sp³-hybridized carbons (Fsp3) is 0.417. The van der Waals surface area contributed by atoms with Gasteiger partial charge in [-0.05, 0) is 31.0 Å². The lowest BCUT2D eigenvalue weighted by atomic mass is 10.1. The van der Waals surface area contributed by atoms with E-state index in [-0.39, 0.29) is 23.0 Å². The SMILES string of the molecule is N#Cc1ccc(Cl)cc1S(=O)(=O)N1CCCC(N)C1. The number of sulfonamides is 1. The molecule has 7 heteroatoms. The fourth-order valence-corrected chi connectivity index (χ4v) is 4.07. The van der Waals surface area contributed by atoms with Crippen LogP contribution in [0.4, 0.5) is 0 Å². The molecule has 0 saturated carbocycles. The Kier molecular flexibility index (Phi) is 4.11. The third-order valence-electron chi connectivity index (χ3n) is 3.10. The van der Waals surface area contributed by atoms with Crippen LogP contribution in [0.25, 0.3) is 0 Å². The first-order valence-electron chi connectivity index (χ1n) is 5.90. The number of rotatable bonds is 2. The van der Waals surface area contributed by atoms with Crippen LogP contribution in [0.2, 0.25) is 5.02 Å². The van der Waals surface area contributed by atoms with Crippen LogP contribution in [0.1, 0.15) is 18.4 Å². The lowest BCUT2D eigenvalue weighted by Crippen LogP contribution is -2.45. The number of nitrogens with zero attached hydrogens (tertiary/aromatic N) is 2. The highest BCUT2D eigenvalue weighted by Gasteiger charge is 2.30. The summed E-state index contributed by atoms with van der Waals surface area (Å²) in [6, 6.07) is 5.96. The second-order valence-electron chi connectivity index (χ2n) is 4.52. The molecule has 2 rings (SSSR count). The number of nitrogens with two attached hydrogens (primary N) is 1. The van der Waals surface area contributed by atoms with Crippen LogP contribution in [-0.4, -0.2) is 31.9 Å². The maximum atomic E-state index is 12.5. The summed E-state index contributed by atoms with van der Waals surface area (Å²) in [6.07, 6.45) is 1.54. The molecule has 1 unspecified atom stereocenters. The van der Waals surface area contributed by atoms with Gasteiger partial charge in [-0.25, -0.2) is 8.42 Å². The molecule has 0 spiro atoms. The summed E-state index contributed by atoms with van der Waals surface area (Å²) in [4.78, 5) is -0.0448. The molecule has 0 aliphatic carbocycles. The number of piperidine rings is 1. The minimum absolute atomic E-state index is 0.0448. The maximum Gasteiger partial charge on any atom is 0.244 e. The lowest BCUT2D eigenvalue weighted by molar-refractivity contribution is 0.316. The quantitative estimate of drug-likeness (QED) is 0.892. The number of nitriles is 1. The van der Waals surface area contributed by atoms with Gasteiger partial charge in [-0.15, -0.1) is 0 Å². The van der Waals surface area contributed by atoms with Gasteiger partial charge in [0.05, 0.1) is 5.56 Å². The van der Waals surface area contributed by atoms with Gasteiger partial charge in [-0.3, -0.25) is 0 Å². The van der Waals surface area contributed by atoms with E-state index in [9.17, 15) is 8.42 Å². The van der Waals surface area contributed by atoms with Crippen molar-refractivity contribution in [2.75, 3.05) is 13.1 Å². The zero-order valence-corrected chi connectivity index (χ0v) is 11.8. The van der Waals surface area contributed by atoms with E-state index in [0.717, 1.165) is 12.8 Å². The van der Waals surface area contributed by atoms with E-state index >= 15 is 0 Å². The molecule has 0 bridgehead atoms. The zero-order chi connectivity index (χ0) is 14.0. The molecule has 0 aromatic heterocycles. The van der Waals surface area contributed by atoms with Crippen LogP contribution in [0.3, 0.4) is 0 Å². The second kappa shape index (κ2) is 5.47. The third kappa shape index (κ3) is 2.90. The summed E-state index contributed by atoms with van der Waals surface area (Å²) >= 11 is 5.83. The standard InChI is InChI=1S/C12H14ClN3O2S/c13-10-4-3-9(7-14)12(6-10)19(17,18)16-5-1-2-11(15)8-16/h3-4,6,11H,1-2,5,8,15H2. The van der Waals surface area contributed by atoms with E-state index in [1.807, 2.05) is 6.07 Å². The Bertz CT molecular complexity index is 624. The first-order valence-corrected chi connectivity index (χ1v) is 7.72. The summed E-state index contributed by atoms with van der Waals surface area (Å²) in [7, 11) is -3.71. The molecule has 1 aromatic carbocycles. The largest absolute Gasteiger partial charge is 0.327 e. The van der Waals surface area contributed by atoms with Crippen molar-refractivity contribution in [1.29, 1.82) is 5.26 Å². The highest BCUT2D eigenvalue weighted by molar-refractivity contribution is 7.89. The van der Waals surface area contributed by atoms with Crippen molar-refractivity contribution in [3.8, 4) is 6.07 Å². The van der Waals surface area contributed by atoms with E-state index in [1.165, 1.54) is 22.5 Å². The minimum atomic E-state index is -3.71. The Hall–Kier alpha value is -1.13. The predicted octanol–water partition coefficient (Wildman–Crippen LogP) is 1.32. The Morgan fingerprint density at radius 2 is 2.21 bits per heavy atom. The highest BCUT2D eigenvalue weighted by Crippen LogP contribution is 2.25. The monoisotopic (exact) mass is 299 g/mol. The molecule has 1 heterocycles. The number of hydrogen-bond acceptors (Lipinski definition) is 4. The van der Waals surface area contributed by atoms with Crippen LogP contribution < -0.4 is 5.73 Å². The van der Waals surface area contributed by atoms with Gasteiger partial charge in [-0.2, -0.15) is 9.57 Å². The predicted molar refractivity (Wildman–Crippen MR) is 72.1 cm³/mol. The molecule has 1 saturated heterocycles. The van der Waals surface area contributed by atoms with Crippen LogP contribution >= 0.6 is 11.6 Å². The second-order valence-corrected chi connectivity index (χ2v) is 6.86. The number of benzene rings is 1. The van der Waals surface area contributed by atoms with Crippen molar-refractivity contribution in [3.05, 3.63) is 28.8 Å². The third-order valence-corrected chi connectivity index (χ3v) is 5.24. The Morgan fingerprint density at radius 1 is 1.47 bits per heavy atom. The first kappa shape index (κ1) is 14.3. The van der Waals surface area contributed by atoms with Crippen LogP contribution in [0.5, 0.6) is 0 Å². The molecule has 19 heavy (non-hydrogen) atoms. The van der Waals surface area contributed by atoms with Gasteiger partial charge in [0.15, 0.2) is 0 Å². The highest BCUT2D eigenvalue weighted by atomic mass is 35.5. The average Bonchev–Trinajstić information content (AvgIpc) is 2.38. The van der Waals surface area contributed by atoms with Crippen LogP contribution in [0, 0.1) is 11.3 Å². The van der Waals surface area contributed by atoms with Crippen molar-refractivity contribution in [2.24, 2.45) is 5.73 Å². The van der Waals surface area contributed by atoms with Gasteiger partial charge >= 0.3 is 0 Å². The van der Waals surface area contributed by atoms with Crippen molar-refractivity contribution < 1.29 is 8.42 Å². The molecule has 1 aliphatic rings. The van der Waals surface area contributed by atoms with E-state index < -0.39 is 10.0 Å². The Labute approximate surface area is 117 Å². The smallest absolute Gasteiger partial charge is 0.244 e. The van der Waals surface area contributed by atoms with Crippen molar-refractivity contribution in [3.63, 3.8) is 0 Å². The van der Waals surface area contributed by atoms with Gasteiger partial charge in [0.25, 0.3) is 0 Å². The van der Waals surface area contributed by atoms with Crippen LogP contribution in [0.15, 0.2) is 23.1 Å². The molecule has 5 nitrogen and oxygen atoms in total. The molecular weight excluding hydrogens is 286 g/mol. The van der Waals surface area contributed by atoms with Gasteiger partial charge in [-0.1, -0.05) is 11.6 Å². The number of halogens is 1. The summed E-state index contributed by atoms with van der Waals surface area (Å²) in [5.74, 6) is 0. The average molecular weight is 300 g/mol. The molecule has 0 amide bonds. The summed E-state index contributed by atoms with van der Waals surface area (Å²) in [5, 5.41) is 9.31. The molecule has 2 N–H and O–H groups in total. The van der Waals surface area contributed by atoms with E-state index in [0.29, 0.717) is 11.6 Å². The molecule has 1 fully saturated rings. The van der Waals surface area contributed by atoms with E-state index in [1.54, 1.807) is 0 Å². The molecule has 1 aliphatic heterocycles. The topological polar surface area (TPSA) is 87.2 Å². The normalized spacial score (nSPS) is 21.0. The van der Waals surface area contributed by atoms with Crippen molar-refractivity contribution in [2.45, 2.75) is 23.8 Å². The molecule has 1 aromatic rings. The molecule has 1 atom stereocenters. The first-order chi connectivity index (χ1) is 8.95. The minimum Gasteiger partial charge on any atom is -0.327 e. The summed E-state index contributed by atoms with van der Waals surface area (Å²) in [5.41, 5.74) is 5.90. The van der Waals surface area contributed by atoms with Gasteiger partial charge in [0, 0.05) is 24.2 Å². The molecule has 102 valence electrons. The number of hydrogen-bond donors (Lipinski definition) is 1.